The standard InChI is InChI=1S/C12H19NO/c1-3-11-8(2)10-5-4-9(7-13)6-12(10)14-11/h9H,3-7,13H2,1-2H3. The third kappa shape index (κ3) is 1.48. The second-order valence-corrected chi connectivity index (χ2v) is 4.25. The van der Waals surface area contributed by atoms with Gasteiger partial charge in [-0.25, -0.2) is 0 Å². The molecule has 1 aliphatic carbocycles. The molecule has 1 aliphatic rings. The molecule has 0 fully saturated rings. The number of aryl methyl sites for hydroxylation is 1. The van der Waals surface area contributed by atoms with Crippen molar-refractivity contribution in [2.24, 2.45) is 11.7 Å². The van der Waals surface area contributed by atoms with E-state index in [1.807, 2.05) is 0 Å². The van der Waals surface area contributed by atoms with E-state index in [-0.39, 0.29) is 0 Å². The molecule has 0 bridgehead atoms. The Hall–Kier alpha value is -0.760. The van der Waals surface area contributed by atoms with Crippen LogP contribution in [0.3, 0.4) is 0 Å². The van der Waals surface area contributed by atoms with Crippen LogP contribution in [0.1, 0.15) is 36.0 Å². The van der Waals surface area contributed by atoms with Crippen molar-refractivity contribution in [1.82, 2.24) is 0 Å². The van der Waals surface area contributed by atoms with Crippen LogP contribution in [0, 0.1) is 12.8 Å². The third-order valence-corrected chi connectivity index (χ3v) is 3.39. The Labute approximate surface area is 85.5 Å². The van der Waals surface area contributed by atoms with E-state index in [0.717, 1.165) is 25.8 Å². The fraction of sp³-hybridized carbons (Fsp3) is 0.667. The first-order chi connectivity index (χ1) is 6.76. The summed E-state index contributed by atoms with van der Waals surface area (Å²) in [6.45, 7) is 5.13. The van der Waals surface area contributed by atoms with Crippen LogP contribution in [-0.4, -0.2) is 6.54 Å². The Kier molecular flexibility index (Phi) is 2.64. The van der Waals surface area contributed by atoms with Gasteiger partial charge < -0.3 is 10.2 Å². The zero-order valence-electron chi connectivity index (χ0n) is 9.10. The number of fused-ring (bicyclic) bond motifs is 1. The van der Waals surface area contributed by atoms with Crippen molar-refractivity contribution in [3.05, 3.63) is 22.6 Å². The lowest BCUT2D eigenvalue weighted by Gasteiger charge is -2.19. The lowest BCUT2D eigenvalue weighted by Crippen LogP contribution is -2.21. The smallest absolute Gasteiger partial charge is 0.107 e. The first-order valence-corrected chi connectivity index (χ1v) is 5.56. The van der Waals surface area contributed by atoms with Gasteiger partial charge in [-0.2, -0.15) is 0 Å². The van der Waals surface area contributed by atoms with Crippen LogP contribution in [0.2, 0.25) is 0 Å². The van der Waals surface area contributed by atoms with Crippen LogP contribution in [0.4, 0.5) is 0 Å². The van der Waals surface area contributed by atoms with Gasteiger partial charge in [0.2, 0.25) is 0 Å². The van der Waals surface area contributed by atoms with Gasteiger partial charge in [0.15, 0.2) is 0 Å². The minimum Gasteiger partial charge on any atom is -0.466 e. The summed E-state index contributed by atoms with van der Waals surface area (Å²) in [5.74, 6) is 3.02. The molecule has 78 valence electrons. The predicted molar refractivity (Wildman–Crippen MR) is 57.4 cm³/mol. The molecule has 2 nitrogen and oxygen atoms in total. The van der Waals surface area contributed by atoms with E-state index in [1.165, 1.54) is 29.1 Å². The molecule has 0 radical (unpaired) electrons. The fourth-order valence-electron chi connectivity index (χ4n) is 2.41. The fourth-order valence-corrected chi connectivity index (χ4v) is 2.41. The number of hydrogen-bond acceptors (Lipinski definition) is 2. The van der Waals surface area contributed by atoms with E-state index in [2.05, 4.69) is 13.8 Å². The molecule has 1 heterocycles. The Morgan fingerprint density at radius 1 is 1.50 bits per heavy atom. The molecule has 2 N–H and O–H groups in total. The van der Waals surface area contributed by atoms with E-state index in [1.54, 1.807) is 0 Å². The summed E-state index contributed by atoms with van der Waals surface area (Å²) in [6, 6.07) is 0. The predicted octanol–water partition coefficient (Wildman–Crippen LogP) is 2.21. The maximum absolute atomic E-state index is 5.86. The molecular formula is C12H19NO. The Bertz CT molecular complexity index is 327. The van der Waals surface area contributed by atoms with Gasteiger partial charge in [-0.05, 0) is 43.4 Å². The first kappa shape index (κ1) is 9.78. The van der Waals surface area contributed by atoms with Crippen molar-refractivity contribution < 1.29 is 4.42 Å². The van der Waals surface area contributed by atoms with Crippen LogP contribution < -0.4 is 5.73 Å². The van der Waals surface area contributed by atoms with Crippen LogP contribution in [0.25, 0.3) is 0 Å². The molecule has 2 rings (SSSR count). The Morgan fingerprint density at radius 3 is 2.93 bits per heavy atom. The van der Waals surface area contributed by atoms with E-state index in [4.69, 9.17) is 10.2 Å². The molecule has 0 saturated heterocycles. The van der Waals surface area contributed by atoms with Crippen molar-refractivity contribution in [2.75, 3.05) is 6.54 Å². The molecule has 0 spiro atoms. The highest BCUT2D eigenvalue weighted by atomic mass is 16.3. The van der Waals surface area contributed by atoms with Crippen LogP contribution in [0.15, 0.2) is 4.42 Å². The Balaban J connectivity index is 2.30. The van der Waals surface area contributed by atoms with Crippen molar-refractivity contribution in [2.45, 2.75) is 39.5 Å². The normalized spacial score (nSPS) is 20.9. The van der Waals surface area contributed by atoms with Gasteiger partial charge in [0.25, 0.3) is 0 Å². The highest BCUT2D eigenvalue weighted by molar-refractivity contribution is 5.34. The average molecular weight is 193 g/mol. The lowest BCUT2D eigenvalue weighted by atomic mass is 9.87. The molecule has 1 atom stereocenters. The maximum atomic E-state index is 5.86. The summed E-state index contributed by atoms with van der Waals surface area (Å²) in [5, 5.41) is 0. The summed E-state index contributed by atoms with van der Waals surface area (Å²) in [5.41, 5.74) is 8.55. The first-order valence-electron chi connectivity index (χ1n) is 5.56. The summed E-state index contributed by atoms with van der Waals surface area (Å²) >= 11 is 0. The van der Waals surface area contributed by atoms with Crippen LogP contribution in [0.5, 0.6) is 0 Å². The van der Waals surface area contributed by atoms with Crippen LogP contribution in [-0.2, 0) is 19.3 Å². The lowest BCUT2D eigenvalue weighted by molar-refractivity contribution is 0.385. The van der Waals surface area contributed by atoms with Gasteiger partial charge in [-0.15, -0.1) is 0 Å². The molecule has 0 saturated carbocycles. The van der Waals surface area contributed by atoms with E-state index < -0.39 is 0 Å². The molecule has 0 aromatic carbocycles. The zero-order chi connectivity index (χ0) is 10.1. The highest BCUT2D eigenvalue weighted by Crippen LogP contribution is 2.31. The third-order valence-electron chi connectivity index (χ3n) is 3.39. The van der Waals surface area contributed by atoms with Crippen molar-refractivity contribution in [3.63, 3.8) is 0 Å². The molecule has 1 aromatic heterocycles. The van der Waals surface area contributed by atoms with Gasteiger partial charge in [0.1, 0.15) is 11.5 Å². The largest absolute Gasteiger partial charge is 0.466 e. The van der Waals surface area contributed by atoms with Gasteiger partial charge in [0, 0.05) is 12.8 Å². The molecule has 1 unspecified atom stereocenters. The highest BCUT2D eigenvalue weighted by Gasteiger charge is 2.23. The second-order valence-electron chi connectivity index (χ2n) is 4.25. The quantitative estimate of drug-likeness (QED) is 0.782. The minimum atomic E-state index is 0.637. The van der Waals surface area contributed by atoms with Gasteiger partial charge in [-0.1, -0.05) is 6.92 Å². The molecule has 0 amide bonds. The molecule has 2 heteroatoms. The van der Waals surface area contributed by atoms with E-state index in [0.29, 0.717) is 5.92 Å². The second kappa shape index (κ2) is 3.77. The topological polar surface area (TPSA) is 39.2 Å². The van der Waals surface area contributed by atoms with Crippen molar-refractivity contribution in [3.8, 4) is 0 Å². The monoisotopic (exact) mass is 193 g/mol. The SMILES string of the molecule is CCc1oc2c(c1C)CCC(CN)C2. The van der Waals surface area contributed by atoms with E-state index >= 15 is 0 Å². The number of furan rings is 1. The summed E-state index contributed by atoms with van der Waals surface area (Å²) in [7, 11) is 0. The molecule has 0 aliphatic heterocycles. The number of rotatable bonds is 2. The molecule has 14 heavy (non-hydrogen) atoms. The van der Waals surface area contributed by atoms with Gasteiger partial charge >= 0.3 is 0 Å². The summed E-state index contributed by atoms with van der Waals surface area (Å²) in [4.78, 5) is 0. The maximum Gasteiger partial charge on any atom is 0.107 e. The summed E-state index contributed by atoms with van der Waals surface area (Å²) < 4.78 is 5.86. The van der Waals surface area contributed by atoms with Crippen LogP contribution >= 0.6 is 0 Å². The van der Waals surface area contributed by atoms with E-state index in [9.17, 15) is 0 Å². The number of hydrogen-bond donors (Lipinski definition) is 1. The average Bonchev–Trinajstić information content (AvgIpc) is 2.55. The van der Waals surface area contributed by atoms with Crippen molar-refractivity contribution >= 4 is 0 Å². The molecular weight excluding hydrogens is 174 g/mol. The minimum absolute atomic E-state index is 0.637. The number of nitrogens with two attached hydrogens (primary N) is 1. The van der Waals surface area contributed by atoms with Crippen molar-refractivity contribution in [1.29, 1.82) is 0 Å². The van der Waals surface area contributed by atoms with Gasteiger partial charge in [-0.3, -0.25) is 0 Å². The molecule has 1 aromatic rings. The zero-order valence-corrected chi connectivity index (χ0v) is 9.10. The summed E-state index contributed by atoms with van der Waals surface area (Å²) in [6.07, 6.45) is 4.44. The van der Waals surface area contributed by atoms with Gasteiger partial charge in [0.05, 0.1) is 0 Å². The Morgan fingerprint density at radius 2 is 2.29 bits per heavy atom.